The lowest BCUT2D eigenvalue weighted by atomic mass is 10.0. The van der Waals surface area contributed by atoms with E-state index in [-0.39, 0.29) is 5.97 Å². The van der Waals surface area contributed by atoms with Crippen LogP contribution in [0.25, 0.3) is 64.7 Å². The van der Waals surface area contributed by atoms with E-state index < -0.39 is 0 Å². The highest BCUT2D eigenvalue weighted by Gasteiger charge is 2.17. The first-order chi connectivity index (χ1) is 35.5. The number of methoxy groups -OCH3 is 1. The van der Waals surface area contributed by atoms with Gasteiger partial charge in [0.15, 0.2) is 0 Å². The Labute approximate surface area is 426 Å². The number of hydrogen-bond acceptors (Lipinski definition) is 5. The zero-order valence-corrected chi connectivity index (χ0v) is 41.4. The number of rotatable bonds is 15. The van der Waals surface area contributed by atoms with Crippen molar-refractivity contribution in [1.82, 2.24) is 0 Å². The summed E-state index contributed by atoms with van der Waals surface area (Å²) in [6.45, 7) is 2.23. The highest BCUT2D eigenvalue weighted by molar-refractivity contribution is 7.25. The van der Waals surface area contributed by atoms with Gasteiger partial charge in [-0.1, -0.05) is 171 Å². The third-order valence-corrected chi connectivity index (χ3v) is 14.7. The molecule has 0 N–H and O–H groups in total. The van der Waals surface area contributed by atoms with Crippen LogP contribution >= 0.6 is 11.3 Å². The summed E-state index contributed by atoms with van der Waals surface area (Å²) in [6.07, 6.45) is 3.18. The summed E-state index contributed by atoms with van der Waals surface area (Å²) in [5.74, 6) is -0.203. The van der Waals surface area contributed by atoms with E-state index in [9.17, 15) is 4.79 Å². The Bertz CT molecular complexity index is 3620. The van der Waals surface area contributed by atoms with Gasteiger partial charge in [0.05, 0.1) is 7.11 Å². The molecule has 72 heavy (non-hydrogen) atoms. The Hall–Kier alpha value is -8.51. The van der Waals surface area contributed by atoms with Crippen LogP contribution in [0.15, 0.2) is 243 Å². The van der Waals surface area contributed by atoms with E-state index in [1.54, 1.807) is 0 Å². The number of aryl methyl sites for hydroxylation is 2. The van der Waals surface area contributed by atoms with Crippen LogP contribution in [0.1, 0.15) is 30.9 Å². The van der Waals surface area contributed by atoms with E-state index >= 15 is 0 Å². The molecule has 0 unspecified atom stereocenters. The molecule has 0 radical (unpaired) electrons. The van der Waals surface area contributed by atoms with Gasteiger partial charge in [0.25, 0.3) is 0 Å². The quantitative estimate of drug-likeness (QED) is 0.0959. The normalized spacial score (nSPS) is 11.2. The summed E-state index contributed by atoms with van der Waals surface area (Å²) in [5, 5.41) is 2.55. The van der Waals surface area contributed by atoms with E-state index in [0.717, 1.165) is 63.7 Å². The van der Waals surface area contributed by atoms with E-state index in [0.29, 0.717) is 12.8 Å². The summed E-state index contributed by atoms with van der Waals surface area (Å²) in [5.41, 5.74) is 18.4. The van der Waals surface area contributed by atoms with Crippen LogP contribution < -0.4 is 9.80 Å². The Morgan fingerprint density at radius 2 is 0.736 bits per heavy atom. The van der Waals surface area contributed by atoms with Crippen molar-refractivity contribution in [3.8, 4) is 44.5 Å². The lowest BCUT2D eigenvalue weighted by Crippen LogP contribution is -2.10. The number of esters is 1. The number of hydrogen-bond donors (Lipinski definition) is 0. The molecular weight excluding hydrogens is 897 g/mol. The molecule has 0 aliphatic heterocycles. The van der Waals surface area contributed by atoms with Gasteiger partial charge in [-0.25, -0.2) is 0 Å². The number of carbonyl (C=O) groups is 1. The van der Waals surface area contributed by atoms with Crippen molar-refractivity contribution in [2.45, 2.75) is 32.6 Å². The van der Waals surface area contributed by atoms with Crippen molar-refractivity contribution >= 4 is 71.6 Å². The third-order valence-electron chi connectivity index (χ3n) is 13.6. The number of fused-ring (bicyclic) bond motifs is 3. The Morgan fingerprint density at radius 3 is 1.15 bits per heavy atom. The number of thiophene rings is 1. The number of ether oxygens (including phenoxy) is 1. The molecule has 4 nitrogen and oxygen atoms in total. The van der Waals surface area contributed by atoms with Gasteiger partial charge >= 0.3 is 5.97 Å². The predicted molar refractivity (Wildman–Crippen MR) is 305 cm³/mol. The van der Waals surface area contributed by atoms with Crippen LogP contribution in [0.3, 0.4) is 0 Å². The van der Waals surface area contributed by atoms with E-state index in [1.165, 1.54) is 66.2 Å². The maximum Gasteiger partial charge on any atom is 0.305 e. The minimum atomic E-state index is -0.203. The molecule has 0 aliphatic rings. The van der Waals surface area contributed by atoms with Gasteiger partial charge in [0.2, 0.25) is 0 Å². The summed E-state index contributed by atoms with van der Waals surface area (Å²) in [6, 6.07) is 87.9. The smallest absolute Gasteiger partial charge is 0.305 e. The fourth-order valence-electron chi connectivity index (χ4n) is 9.81. The highest BCUT2D eigenvalue weighted by Crippen LogP contribution is 2.42. The van der Waals surface area contributed by atoms with Crippen LogP contribution in [-0.4, -0.2) is 13.1 Å². The fraction of sp³-hybridized carbons (Fsp3) is 0.0896. The van der Waals surface area contributed by atoms with Crippen LogP contribution in [0.5, 0.6) is 0 Å². The maximum absolute atomic E-state index is 11.9. The minimum Gasteiger partial charge on any atom is -0.469 e. The van der Waals surface area contributed by atoms with Gasteiger partial charge in [-0.05, 0) is 153 Å². The summed E-state index contributed by atoms with van der Waals surface area (Å²) in [7, 11) is 1.44. The first kappa shape index (κ1) is 45.9. The average molecular weight is 951 g/mol. The molecule has 0 aliphatic carbocycles. The van der Waals surface area contributed by atoms with Gasteiger partial charge < -0.3 is 14.5 Å². The van der Waals surface area contributed by atoms with Gasteiger partial charge in [0.1, 0.15) is 0 Å². The molecule has 0 saturated carbocycles. The molecule has 350 valence electrons. The molecule has 10 aromatic carbocycles. The Morgan fingerprint density at radius 1 is 0.375 bits per heavy atom. The van der Waals surface area contributed by atoms with Crippen molar-refractivity contribution in [2.75, 3.05) is 16.9 Å². The average Bonchev–Trinajstić information content (AvgIpc) is 3.82. The molecule has 0 spiro atoms. The van der Waals surface area contributed by atoms with Gasteiger partial charge in [-0.15, -0.1) is 11.3 Å². The minimum absolute atomic E-state index is 0.203. The van der Waals surface area contributed by atoms with Crippen LogP contribution in [0, 0.1) is 0 Å². The van der Waals surface area contributed by atoms with Crippen molar-refractivity contribution in [1.29, 1.82) is 0 Å². The molecular formula is C67H54N2O2S. The van der Waals surface area contributed by atoms with Crippen LogP contribution in [-0.2, 0) is 22.4 Å². The Balaban J connectivity index is 0.872. The van der Waals surface area contributed by atoms with Gasteiger partial charge in [-0.3, -0.25) is 4.79 Å². The van der Waals surface area contributed by atoms with Crippen molar-refractivity contribution in [2.24, 2.45) is 0 Å². The Kier molecular flexibility index (Phi) is 13.3. The van der Waals surface area contributed by atoms with E-state index in [4.69, 9.17) is 4.74 Å². The molecule has 0 amide bonds. The highest BCUT2D eigenvalue weighted by atomic mass is 32.1. The van der Waals surface area contributed by atoms with Crippen LogP contribution in [0.4, 0.5) is 34.1 Å². The molecule has 11 aromatic rings. The zero-order valence-electron chi connectivity index (χ0n) is 40.5. The molecule has 5 heteroatoms. The first-order valence-electron chi connectivity index (χ1n) is 24.8. The van der Waals surface area contributed by atoms with Gasteiger partial charge in [-0.2, -0.15) is 0 Å². The van der Waals surface area contributed by atoms with E-state index in [1.807, 2.05) is 17.4 Å². The summed E-state index contributed by atoms with van der Waals surface area (Å²) in [4.78, 5) is 16.5. The monoisotopic (exact) mass is 950 g/mol. The molecule has 11 rings (SSSR count). The van der Waals surface area contributed by atoms with Crippen LogP contribution in [0.2, 0.25) is 0 Å². The SMILES string of the molecule is CCCc1ccc(N(c2ccc(-c3ccc4c(c3)sc3cc(-c5ccc(N(c6ccc(CCC(=O)OC)cc6)c6cccc(-c7ccccc7)c6)cc5)ccc34)cc2)c2cccc(-c3ccccc3)c2)cc1. The zero-order chi connectivity index (χ0) is 48.8. The number of carbonyl (C=O) groups excluding carboxylic acids is 1. The second kappa shape index (κ2) is 20.8. The fourth-order valence-corrected chi connectivity index (χ4v) is 11.0. The molecule has 0 bridgehead atoms. The first-order valence-corrected chi connectivity index (χ1v) is 25.6. The maximum atomic E-state index is 11.9. The topological polar surface area (TPSA) is 32.8 Å². The number of nitrogens with zero attached hydrogens (tertiary/aromatic N) is 2. The summed E-state index contributed by atoms with van der Waals surface area (Å²) >= 11 is 1.85. The lowest BCUT2D eigenvalue weighted by Gasteiger charge is -2.26. The summed E-state index contributed by atoms with van der Waals surface area (Å²) < 4.78 is 7.43. The molecule has 0 saturated heterocycles. The van der Waals surface area contributed by atoms with Gasteiger partial charge in [0, 0.05) is 60.7 Å². The predicted octanol–water partition coefficient (Wildman–Crippen LogP) is 18.7. The van der Waals surface area contributed by atoms with Crippen molar-refractivity contribution in [3.63, 3.8) is 0 Å². The van der Waals surface area contributed by atoms with E-state index in [2.05, 4.69) is 253 Å². The number of anilines is 6. The second-order valence-corrected chi connectivity index (χ2v) is 19.4. The standard InChI is InChI=1S/C67H54N2O2S/c1-3-12-47-21-32-57(33-22-47)68(61-19-10-17-53(43-61)49-13-6-4-7-14-49)59-36-26-51(27-37-59)55-30-40-63-64-41-31-56(46-66(64)72-65(63)45-55)52-28-38-60(39-29-52)69(58-34-23-48(24-35-58)25-42-67(70)71-2)62-20-11-18-54(44-62)50-15-8-5-9-16-50/h4-11,13-24,26-41,43-46H,3,12,25,42H2,1-2H3. The van der Waals surface area contributed by atoms with Crippen molar-refractivity contribution < 1.29 is 9.53 Å². The molecule has 0 fully saturated rings. The molecule has 0 atom stereocenters. The number of benzene rings is 10. The largest absolute Gasteiger partial charge is 0.469 e. The molecule has 1 heterocycles. The van der Waals surface area contributed by atoms with Crippen molar-refractivity contribution in [3.05, 3.63) is 254 Å². The molecule has 1 aromatic heterocycles. The third kappa shape index (κ3) is 9.80. The second-order valence-electron chi connectivity index (χ2n) is 18.3. The lowest BCUT2D eigenvalue weighted by molar-refractivity contribution is -0.140.